The van der Waals surface area contributed by atoms with E-state index in [0.29, 0.717) is 23.3 Å². The summed E-state index contributed by atoms with van der Waals surface area (Å²) >= 11 is 0. The first-order chi connectivity index (χ1) is 11.1. The second kappa shape index (κ2) is 6.04. The Morgan fingerprint density at radius 2 is 1.91 bits per heavy atom. The van der Waals surface area contributed by atoms with Crippen molar-refractivity contribution in [1.82, 2.24) is 14.9 Å². The standard InChI is InChI=1S/C18H17N3O2/c1-12-18(23)21(11-13-6-4-3-5-7-13)16-9-8-14(17(22)19-2)10-15(16)20-12/h3-10H,11H2,1-2H3,(H,19,22). The highest BCUT2D eigenvalue weighted by atomic mass is 16.1. The SMILES string of the molecule is CNC(=O)c1ccc2c(c1)nc(C)c(=O)n2Cc1ccccc1. The van der Waals surface area contributed by atoms with Gasteiger partial charge in [0.05, 0.1) is 17.6 Å². The second-order valence-electron chi connectivity index (χ2n) is 5.36. The fourth-order valence-corrected chi connectivity index (χ4v) is 2.58. The quantitative estimate of drug-likeness (QED) is 0.806. The van der Waals surface area contributed by atoms with Crippen molar-refractivity contribution in [1.29, 1.82) is 0 Å². The molecule has 0 aliphatic heterocycles. The maximum absolute atomic E-state index is 12.5. The zero-order chi connectivity index (χ0) is 16.4. The van der Waals surface area contributed by atoms with Crippen molar-refractivity contribution in [3.63, 3.8) is 0 Å². The first-order valence-corrected chi connectivity index (χ1v) is 7.37. The van der Waals surface area contributed by atoms with Crippen LogP contribution < -0.4 is 10.9 Å². The lowest BCUT2D eigenvalue weighted by molar-refractivity contribution is 0.0963. The third kappa shape index (κ3) is 2.85. The van der Waals surface area contributed by atoms with Gasteiger partial charge >= 0.3 is 0 Å². The summed E-state index contributed by atoms with van der Waals surface area (Å²) in [6.45, 7) is 2.16. The first kappa shape index (κ1) is 15.0. The normalized spacial score (nSPS) is 10.7. The van der Waals surface area contributed by atoms with Crippen LogP contribution in [0.4, 0.5) is 0 Å². The Hall–Kier alpha value is -2.95. The van der Waals surface area contributed by atoms with Gasteiger partial charge in [0, 0.05) is 12.6 Å². The van der Waals surface area contributed by atoms with Crippen LogP contribution in [-0.2, 0) is 6.54 Å². The molecule has 3 rings (SSSR count). The molecule has 0 atom stereocenters. The third-order valence-electron chi connectivity index (χ3n) is 3.78. The summed E-state index contributed by atoms with van der Waals surface area (Å²) in [4.78, 5) is 28.6. The van der Waals surface area contributed by atoms with Gasteiger partial charge in [-0.1, -0.05) is 30.3 Å². The van der Waals surface area contributed by atoms with E-state index in [4.69, 9.17) is 0 Å². The Bertz CT molecular complexity index is 930. The van der Waals surface area contributed by atoms with E-state index in [-0.39, 0.29) is 11.5 Å². The Morgan fingerprint density at radius 3 is 2.61 bits per heavy atom. The van der Waals surface area contributed by atoms with Gasteiger partial charge in [0.1, 0.15) is 5.69 Å². The van der Waals surface area contributed by atoms with Crippen LogP contribution in [0.1, 0.15) is 21.6 Å². The number of nitrogens with one attached hydrogen (secondary N) is 1. The highest BCUT2D eigenvalue weighted by Crippen LogP contribution is 2.15. The number of carbonyl (C=O) groups is 1. The molecule has 116 valence electrons. The number of hydrogen-bond donors (Lipinski definition) is 1. The summed E-state index contributed by atoms with van der Waals surface area (Å²) in [6.07, 6.45) is 0. The van der Waals surface area contributed by atoms with Crippen LogP contribution in [0.25, 0.3) is 11.0 Å². The molecule has 0 spiro atoms. The van der Waals surface area contributed by atoms with Crippen LogP contribution in [0.5, 0.6) is 0 Å². The number of hydrogen-bond acceptors (Lipinski definition) is 3. The molecule has 1 aromatic heterocycles. The molecule has 5 nitrogen and oxygen atoms in total. The maximum Gasteiger partial charge on any atom is 0.272 e. The zero-order valence-electron chi connectivity index (χ0n) is 13.0. The molecular formula is C18H17N3O2. The largest absolute Gasteiger partial charge is 0.355 e. The number of benzene rings is 2. The van der Waals surface area contributed by atoms with Gasteiger partial charge in [-0.25, -0.2) is 4.98 Å². The van der Waals surface area contributed by atoms with Crippen molar-refractivity contribution in [2.24, 2.45) is 0 Å². The third-order valence-corrected chi connectivity index (χ3v) is 3.78. The molecule has 0 saturated heterocycles. The van der Waals surface area contributed by atoms with Gasteiger partial charge in [-0.15, -0.1) is 0 Å². The van der Waals surface area contributed by atoms with Crippen molar-refractivity contribution in [2.75, 3.05) is 7.05 Å². The molecule has 2 aromatic carbocycles. The smallest absolute Gasteiger partial charge is 0.272 e. The number of nitrogens with zero attached hydrogens (tertiary/aromatic N) is 2. The monoisotopic (exact) mass is 307 g/mol. The van der Waals surface area contributed by atoms with Crippen molar-refractivity contribution in [2.45, 2.75) is 13.5 Å². The van der Waals surface area contributed by atoms with Gasteiger partial charge < -0.3 is 9.88 Å². The number of rotatable bonds is 3. The van der Waals surface area contributed by atoms with E-state index in [9.17, 15) is 9.59 Å². The van der Waals surface area contributed by atoms with Crippen LogP contribution in [-0.4, -0.2) is 22.5 Å². The lowest BCUT2D eigenvalue weighted by atomic mass is 10.1. The molecule has 5 heteroatoms. The van der Waals surface area contributed by atoms with Crippen molar-refractivity contribution < 1.29 is 4.79 Å². The van der Waals surface area contributed by atoms with E-state index in [1.807, 2.05) is 30.3 Å². The van der Waals surface area contributed by atoms with E-state index in [2.05, 4.69) is 10.3 Å². The second-order valence-corrected chi connectivity index (χ2v) is 5.36. The molecule has 1 amide bonds. The van der Waals surface area contributed by atoms with E-state index in [0.717, 1.165) is 11.1 Å². The Morgan fingerprint density at radius 1 is 1.17 bits per heavy atom. The predicted octanol–water partition coefficient (Wildman–Crippen LogP) is 2.11. The van der Waals surface area contributed by atoms with E-state index >= 15 is 0 Å². The maximum atomic E-state index is 12.5. The van der Waals surface area contributed by atoms with Crippen LogP contribution >= 0.6 is 0 Å². The van der Waals surface area contributed by atoms with Crippen molar-refractivity contribution in [3.8, 4) is 0 Å². The molecule has 0 fully saturated rings. The highest BCUT2D eigenvalue weighted by Gasteiger charge is 2.11. The minimum atomic E-state index is -0.174. The van der Waals surface area contributed by atoms with Gasteiger partial charge in [-0.05, 0) is 30.7 Å². The van der Waals surface area contributed by atoms with Crippen molar-refractivity contribution >= 4 is 16.9 Å². The summed E-state index contributed by atoms with van der Waals surface area (Å²) in [5.74, 6) is -0.174. The van der Waals surface area contributed by atoms with Crippen LogP contribution in [0.15, 0.2) is 53.3 Å². The highest BCUT2D eigenvalue weighted by molar-refractivity contribution is 5.97. The molecular weight excluding hydrogens is 290 g/mol. The summed E-state index contributed by atoms with van der Waals surface area (Å²) in [6, 6.07) is 15.0. The minimum Gasteiger partial charge on any atom is -0.355 e. The Kier molecular flexibility index (Phi) is 3.93. The van der Waals surface area contributed by atoms with E-state index in [1.54, 1.807) is 36.7 Å². The number of fused-ring (bicyclic) bond motifs is 1. The summed E-state index contributed by atoms with van der Waals surface area (Å²) in [5, 5.41) is 2.59. The van der Waals surface area contributed by atoms with Crippen molar-refractivity contribution in [3.05, 3.63) is 75.7 Å². The molecule has 0 bridgehead atoms. The fourth-order valence-electron chi connectivity index (χ4n) is 2.58. The molecule has 0 radical (unpaired) electrons. The molecule has 0 saturated carbocycles. The molecule has 1 N–H and O–H groups in total. The van der Waals surface area contributed by atoms with Gasteiger partial charge in [0.2, 0.25) is 0 Å². The molecule has 3 aromatic rings. The lowest BCUT2D eigenvalue weighted by Crippen LogP contribution is -2.25. The Labute approximate surface area is 133 Å². The molecule has 0 aliphatic rings. The lowest BCUT2D eigenvalue weighted by Gasteiger charge is -2.12. The van der Waals surface area contributed by atoms with Gasteiger partial charge in [0.25, 0.3) is 11.5 Å². The first-order valence-electron chi connectivity index (χ1n) is 7.37. The molecule has 1 heterocycles. The number of aromatic nitrogens is 2. The number of amides is 1. The summed E-state index contributed by atoms with van der Waals surface area (Å²) in [5.41, 5.74) is 3.22. The van der Waals surface area contributed by atoms with E-state index in [1.165, 1.54) is 0 Å². The fraction of sp³-hybridized carbons (Fsp3) is 0.167. The van der Waals surface area contributed by atoms with Gasteiger partial charge in [-0.2, -0.15) is 0 Å². The van der Waals surface area contributed by atoms with Gasteiger partial charge in [-0.3, -0.25) is 9.59 Å². The van der Waals surface area contributed by atoms with Crippen LogP contribution in [0.3, 0.4) is 0 Å². The minimum absolute atomic E-state index is 0.117. The molecule has 0 unspecified atom stereocenters. The topological polar surface area (TPSA) is 64.0 Å². The summed E-state index contributed by atoms with van der Waals surface area (Å²) < 4.78 is 1.70. The average Bonchev–Trinajstić information content (AvgIpc) is 2.58. The zero-order valence-corrected chi connectivity index (χ0v) is 13.0. The predicted molar refractivity (Wildman–Crippen MR) is 89.7 cm³/mol. The average molecular weight is 307 g/mol. The molecule has 23 heavy (non-hydrogen) atoms. The molecule has 0 aliphatic carbocycles. The Balaban J connectivity index is 2.18. The summed E-state index contributed by atoms with van der Waals surface area (Å²) in [7, 11) is 1.58. The van der Waals surface area contributed by atoms with Gasteiger partial charge in [0.15, 0.2) is 0 Å². The van der Waals surface area contributed by atoms with Crippen LogP contribution in [0, 0.1) is 6.92 Å². The van der Waals surface area contributed by atoms with Crippen LogP contribution in [0.2, 0.25) is 0 Å². The number of aryl methyl sites for hydroxylation is 1. The van der Waals surface area contributed by atoms with E-state index < -0.39 is 0 Å². The number of carbonyl (C=O) groups excluding carboxylic acids is 1.